The Morgan fingerprint density at radius 1 is 1.11 bits per heavy atom. The van der Waals surface area contributed by atoms with Crippen molar-refractivity contribution < 1.29 is 4.79 Å². The van der Waals surface area contributed by atoms with Crippen molar-refractivity contribution in [1.82, 2.24) is 20.2 Å². The highest BCUT2D eigenvalue weighted by molar-refractivity contribution is 5.80. The van der Waals surface area contributed by atoms with E-state index in [9.17, 15) is 4.79 Å². The van der Waals surface area contributed by atoms with Crippen LogP contribution in [0.25, 0.3) is 0 Å². The van der Waals surface area contributed by atoms with Gasteiger partial charge in [0.1, 0.15) is 0 Å². The Hall–Kier alpha value is -3.18. The van der Waals surface area contributed by atoms with Crippen molar-refractivity contribution in [3.05, 3.63) is 48.3 Å². The number of nitrogens with one attached hydrogen (secondary N) is 2. The fourth-order valence-electron chi connectivity index (χ4n) is 3.06. The molecule has 3 rings (SSSR count). The summed E-state index contributed by atoms with van der Waals surface area (Å²) >= 11 is 0. The van der Waals surface area contributed by atoms with Crippen molar-refractivity contribution in [1.29, 1.82) is 5.26 Å². The second-order valence-electron chi connectivity index (χ2n) is 6.62. The predicted molar refractivity (Wildman–Crippen MR) is 108 cm³/mol. The Morgan fingerprint density at radius 3 is 2.50 bits per heavy atom. The molecule has 2 heterocycles. The fraction of sp³-hybridized carbons (Fsp3) is 0.400. The largest absolute Gasteiger partial charge is 0.376 e. The second-order valence-corrected chi connectivity index (χ2v) is 6.62. The van der Waals surface area contributed by atoms with Crippen LogP contribution in [0.3, 0.4) is 0 Å². The van der Waals surface area contributed by atoms with E-state index in [4.69, 9.17) is 5.26 Å². The minimum Gasteiger partial charge on any atom is -0.376 e. The average Bonchev–Trinajstić information content (AvgIpc) is 2.76. The molecule has 0 unspecified atom stereocenters. The van der Waals surface area contributed by atoms with Gasteiger partial charge in [0.2, 0.25) is 11.9 Å². The zero-order valence-corrected chi connectivity index (χ0v) is 15.8. The molecule has 8 heteroatoms. The van der Waals surface area contributed by atoms with Crippen LogP contribution in [0.15, 0.2) is 42.7 Å². The Balaban J connectivity index is 1.26. The van der Waals surface area contributed by atoms with Crippen LogP contribution < -0.4 is 15.5 Å². The van der Waals surface area contributed by atoms with E-state index in [0.717, 1.165) is 50.8 Å². The summed E-state index contributed by atoms with van der Waals surface area (Å²) in [6, 6.07) is 10.9. The van der Waals surface area contributed by atoms with E-state index in [0.29, 0.717) is 12.1 Å². The average molecular weight is 379 g/mol. The first-order chi connectivity index (χ1) is 13.7. The van der Waals surface area contributed by atoms with Gasteiger partial charge in [0.25, 0.3) is 0 Å². The maximum Gasteiger partial charge on any atom is 0.239 e. The van der Waals surface area contributed by atoms with E-state index in [-0.39, 0.29) is 12.5 Å². The van der Waals surface area contributed by atoms with Gasteiger partial charge >= 0.3 is 0 Å². The Kier molecular flexibility index (Phi) is 7.15. The third-order valence-corrected chi connectivity index (χ3v) is 4.65. The van der Waals surface area contributed by atoms with E-state index in [2.05, 4.69) is 36.5 Å². The van der Waals surface area contributed by atoms with Crippen LogP contribution >= 0.6 is 0 Å². The topological polar surface area (TPSA) is 97.2 Å². The van der Waals surface area contributed by atoms with Crippen molar-refractivity contribution in [2.75, 3.05) is 56.0 Å². The lowest BCUT2D eigenvalue weighted by atomic mass is 10.2. The van der Waals surface area contributed by atoms with E-state index >= 15 is 0 Å². The minimum absolute atomic E-state index is 0.0320. The normalized spacial score (nSPS) is 14.3. The van der Waals surface area contributed by atoms with Crippen molar-refractivity contribution in [3.8, 4) is 6.07 Å². The van der Waals surface area contributed by atoms with Crippen LogP contribution in [-0.4, -0.2) is 66.6 Å². The number of rotatable bonds is 8. The van der Waals surface area contributed by atoms with Crippen molar-refractivity contribution in [2.24, 2.45) is 0 Å². The number of nitrogens with zero attached hydrogens (tertiary/aromatic N) is 5. The molecule has 0 aliphatic carbocycles. The Morgan fingerprint density at radius 2 is 1.82 bits per heavy atom. The van der Waals surface area contributed by atoms with Gasteiger partial charge in [-0.1, -0.05) is 0 Å². The highest BCUT2D eigenvalue weighted by atomic mass is 16.1. The maximum atomic E-state index is 11.9. The molecule has 1 aromatic heterocycles. The molecular formula is C20H25N7O. The third kappa shape index (κ3) is 5.93. The molecule has 1 aromatic carbocycles. The van der Waals surface area contributed by atoms with Crippen LogP contribution in [0.1, 0.15) is 12.0 Å². The Labute approximate surface area is 165 Å². The zero-order valence-electron chi connectivity index (χ0n) is 15.8. The number of hydrogen-bond donors (Lipinski definition) is 2. The number of hydrogen-bond acceptors (Lipinski definition) is 7. The first-order valence-corrected chi connectivity index (χ1v) is 9.49. The van der Waals surface area contributed by atoms with E-state index in [1.807, 2.05) is 6.07 Å². The first-order valence-electron chi connectivity index (χ1n) is 9.49. The number of anilines is 2. The van der Waals surface area contributed by atoms with Gasteiger partial charge in [0, 0.05) is 50.8 Å². The molecule has 0 atom stereocenters. The number of nitriles is 1. The van der Waals surface area contributed by atoms with Gasteiger partial charge in [-0.3, -0.25) is 9.69 Å². The summed E-state index contributed by atoms with van der Waals surface area (Å²) in [7, 11) is 0. The molecule has 1 aliphatic heterocycles. The first kappa shape index (κ1) is 19.6. The molecule has 1 amide bonds. The molecule has 2 N–H and O–H groups in total. The number of aromatic nitrogens is 2. The van der Waals surface area contributed by atoms with Gasteiger partial charge in [-0.05, 0) is 43.3 Å². The summed E-state index contributed by atoms with van der Waals surface area (Å²) in [6.45, 7) is 5.65. The van der Waals surface area contributed by atoms with E-state index in [1.54, 1.807) is 36.7 Å². The number of piperazine rings is 1. The number of amides is 1. The lowest BCUT2D eigenvalue weighted by Crippen LogP contribution is -2.47. The second kappa shape index (κ2) is 10.2. The van der Waals surface area contributed by atoms with Gasteiger partial charge in [-0.25, -0.2) is 9.97 Å². The number of carbonyl (C=O) groups is 1. The molecule has 0 radical (unpaired) electrons. The van der Waals surface area contributed by atoms with Gasteiger partial charge in [-0.15, -0.1) is 0 Å². The molecule has 2 aromatic rings. The molecule has 1 aliphatic rings. The van der Waals surface area contributed by atoms with Crippen LogP contribution in [0.5, 0.6) is 0 Å². The van der Waals surface area contributed by atoms with E-state index < -0.39 is 0 Å². The molecule has 0 bridgehead atoms. The van der Waals surface area contributed by atoms with Crippen LogP contribution in [0.4, 0.5) is 11.6 Å². The molecule has 146 valence electrons. The zero-order chi connectivity index (χ0) is 19.6. The van der Waals surface area contributed by atoms with Gasteiger partial charge in [0.05, 0.1) is 18.2 Å². The fourth-order valence-corrected chi connectivity index (χ4v) is 3.06. The summed E-state index contributed by atoms with van der Waals surface area (Å²) in [5.74, 6) is 0.764. The SMILES string of the molecule is N#Cc1ccc(NCC(=O)NCCCN2CCN(c3ncccn3)CC2)cc1. The summed E-state index contributed by atoms with van der Waals surface area (Å²) in [4.78, 5) is 25.1. The lowest BCUT2D eigenvalue weighted by molar-refractivity contribution is -0.119. The van der Waals surface area contributed by atoms with Gasteiger partial charge < -0.3 is 15.5 Å². The predicted octanol–water partition coefficient (Wildman–Crippen LogP) is 1.09. The maximum absolute atomic E-state index is 11.9. The highest BCUT2D eigenvalue weighted by Gasteiger charge is 2.18. The molecule has 1 fully saturated rings. The summed E-state index contributed by atoms with van der Waals surface area (Å²) < 4.78 is 0. The lowest BCUT2D eigenvalue weighted by Gasteiger charge is -2.34. The number of carbonyl (C=O) groups excluding carboxylic acids is 1. The van der Waals surface area contributed by atoms with Gasteiger partial charge in [-0.2, -0.15) is 5.26 Å². The molecule has 8 nitrogen and oxygen atoms in total. The number of benzene rings is 1. The van der Waals surface area contributed by atoms with E-state index in [1.165, 1.54) is 0 Å². The summed E-state index contributed by atoms with van der Waals surface area (Å²) in [5.41, 5.74) is 1.43. The molecular weight excluding hydrogens is 354 g/mol. The highest BCUT2D eigenvalue weighted by Crippen LogP contribution is 2.10. The minimum atomic E-state index is -0.0320. The molecule has 0 saturated carbocycles. The van der Waals surface area contributed by atoms with Crippen molar-refractivity contribution in [3.63, 3.8) is 0 Å². The van der Waals surface area contributed by atoms with Crippen molar-refractivity contribution >= 4 is 17.5 Å². The monoisotopic (exact) mass is 379 g/mol. The quantitative estimate of drug-likeness (QED) is 0.663. The van der Waals surface area contributed by atoms with Crippen LogP contribution in [0, 0.1) is 11.3 Å². The standard InChI is InChI=1S/C20H25N7O/c21-15-17-3-5-18(6-4-17)25-16-19(28)22-9-2-10-26-11-13-27(14-12-26)20-23-7-1-8-24-20/h1,3-8,25H,2,9-14,16H2,(H,22,28). The van der Waals surface area contributed by atoms with Gasteiger partial charge in [0.15, 0.2) is 0 Å². The smallest absolute Gasteiger partial charge is 0.239 e. The molecule has 0 spiro atoms. The molecule has 1 saturated heterocycles. The molecule has 28 heavy (non-hydrogen) atoms. The summed E-state index contributed by atoms with van der Waals surface area (Å²) in [5, 5.41) is 14.8. The van der Waals surface area contributed by atoms with Crippen LogP contribution in [0.2, 0.25) is 0 Å². The third-order valence-electron chi connectivity index (χ3n) is 4.65. The van der Waals surface area contributed by atoms with Crippen LogP contribution in [-0.2, 0) is 4.79 Å². The van der Waals surface area contributed by atoms with Crippen molar-refractivity contribution in [2.45, 2.75) is 6.42 Å². The Bertz CT molecular complexity index is 780. The summed E-state index contributed by atoms with van der Waals surface area (Å²) in [6.07, 6.45) is 4.46.